The topological polar surface area (TPSA) is 70.0 Å². The Kier molecular flexibility index (Phi) is 6.39. The van der Waals surface area contributed by atoms with E-state index in [0.717, 1.165) is 18.7 Å². The van der Waals surface area contributed by atoms with Crippen LogP contribution in [0.3, 0.4) is 0 Å². The molecular formula is C21H25NO4. The minimum atomic E-state index is -0.408. The number of piperidine rings is 1. The highest BCUT2D eigenvalue weighted by Gasteiger charge is 2.26. The van der Waals surface area contributed by atoms with E-state index in [1.165, 1.54) is 0 Å². The molecule has 2 aromatic carbocycles. The predicted octanol–water partition coefficient (Wildman–Crippen LogP) is 2.12. The number of aliphatic hydroxyl groups excluding tert-OH is 2. The number of likely N-dealkylation sites (tertiary alicyclic amines) is 1. The van der Waals surface area contributed by atoms with Crippen LogP contribution >= 0.6 is 0 Å². The van der Waals surface area contributed by atoms with E-state index in [1.54, 1.807) is 12.1 Å². The number of carbonyl (C=O) groups is 1. The van der Waals surface area contributed by atoms with Crippen LogP contribution < -0.4 is 4.74 Å². The third kappa shape index (κ3) is 4.91. The molecule has 5 nitrogen and oxygen atoms in total. The van der Waals surface area contributed by atoms with Crippen LogP contribution in [0.5, 0.6) is 5.75 Å². The van der Waals surface area contributed by atoms with E-state index in [9.17, 15) is 15.0 Å². The second-order valence-electron chi connectivity index (χ2n) is 6.76. The molecule has 1 aliphatic heterocycles. The van der Waals surface area contributed by atoms with Crippen LogP contribution in [-0.4, -0.2) is 53.3 Å². The zero-order chi connectivity index (χ0) is 18.4. The molecular weight excluding hydrogens is 330 g/mol. The van der Waals surface area contributed by atoms with Crippen molar-refractivity contribution in [1.29, 1.82) is 0 Å². The highest BCUT2D eigenvalue weighted by molar-refractivity contribution is 5.97. The summed E-state index contributed by atoms with van der Waals surface area (Å²) in [6.07, 6.45) is 0.280. The summed E-state index contributed by atoms with van der Waals surface area (Å²) >= 11 is 0. The number of carbonyl (C=O) groups excluding carboxylic acids is 1. The van der Waals surface area contributed by atoms with E-state index in [2.05, 4.69) is 4.90 Å². The van der Waals surface area contributed by atoms with Crippen molar-refractivity contribution in [2.24, 2.45) is 5.92 Å². The van der Waals surface area contributed by atoms with Gasteiger partial charge in [0.2, 0.25) is 0 Å². The van der Waals surface area contributed by atoms with Gasteiger partial charge < -0.3 is 14.9 Å². The molecule has 1 saturated heterocycles. The quantitative estimate of drug-likeness (QED) is 0.745. The summed E-state index contributed by atoms with van der Waals surface area (Å²) < 4.78 is 5.59. The van der Waals surface area contributed by atoms with Crippen LogP contribution in [-0.2, 0) is 6.54 Å². The first kappa shape index (κ1) is 18.6. The number of aliphatic hydroxyl groups is 2. The van der Waals surface area contributed by atoms with Gasteiger partial charge in [0, 0.05) is 37.7 Å². The summed E-state index contributed by atoms with van der Waals surface area (Å²) in [6, 6.07) is 16.8. The Morgan fingerprint density at radius 1 is 1.12 bits per heavy atom. The lowest BCUT2D eigenvalue weighted by Gasteiger charge is -2.35. The maximum absolute atomic E-state index is 12.1. The summed E-state index contributed by atoms with van der Waals surface area (Å²) in [4.78, 5) is 14.3. The maximum Gasteiger partial charge on any atom is 0.200 e. The van der Waals surface area contributed by atoms with E-state index in [1.807, 2.05) is 42.5 Å². The van der Waals surface area contributed by atoms with Crippen LogP contribution in [0.15, 0.2) is 54.6 Å². The first-order valence-electron chi connectivity index (χ1n) is 8.97. The monoisotopic (exact) mass is 355 g/mol. The first-order valence-corrected chi connectivity index (χ1v) is 8.97. The third-order valence-electron chi connectivity index (χ3n) is 4.81. The molecule has 2 atom stereocenters. The highest BCUT2D eigenvalue weighted by atomic mass is 16.5. The minimum absolute atomic E-state index is 0.0138. The molecule has 0 aromatic heterocycles. The number of ether oxygens (including phenoxy) is 1. The molecule has 0 spiro atoms. The van der Waals surface area contributed by atoms with Gasteiger partial charge in [-0.3, -0.25) is 9.69 Å². The summed E-state index contributed by atoms with van der Waals surface area (Å²) in [5, 5.41) is 19.2. The minimum Gasteiger partial charge on any atom is -0.485 e. The van der Waals surface area contributed by atoms with Gasteiger partial charge in [0.15, 0.2) is 12.4 Å². The van der Waals surface area contributed by atoms with Crippen LogP contribution in [0.25, 0.3) is 0 Å². The fraction of sp³-hybridized carbons (Fsp3) is 0.381. The van der Waals surface area contributed by atoms with Crippen molar-refractivity contribution >= 4 is 5.78 Å². The van der Waals surface area contributed by atoms with Crippen molar-refractivity contribution in [2.45, 2.75) is 19.1 Å². The number of nitrogens with zero attached hydrogens (tertiary/aromatic N) is 1. The molecule has 1 fully saturated rings. The molecule has 1 heterocycles. The van der Waals surface area contributed by atoms with Gasteiger partial charge in [-0.2, -0.15) is 0 Å². The fourth-order valence-corrected chi connectivity index (χ4v) is 3.22. The number of Topliss-reactive ketones (excluding diaryl/α,β-unsaturated/α-hetero) is 1. The van der Waals surface area contributed by atoms with Gasteiger partial charge in [-0.1, -0.05) is 42.5 Å². The van der Waals surface area contributed by atoms with Gasteiger partial charge in [0.1, 0.15) is 5.75 Å². The molecule has 5 heteroatoms. The first-order chi connectivity index (χ1) is 12.7. The lowest BCUT2D eigenvalue weighted by molar-refractivity contribution is -0.00201. The van der Waals surface area contributed by atoms with E-state index < -0.39 is 6.10 Å². The molecule has 0 radical (unpaired) electrons. The highest BCUT2D eigenvalue weighted by Crippen LogP contribution is 2.20. The van der Waals surface area contributed by atoms with Crippen LogP contribution in [0.4, 0.5) is 0 Å². The maximum atomic E-state index is 12.1. The zero-order valence-electron chi connectivity index (χ0n) is 14.8. The fourth-order valence-electron chi connectivity index (χ4n) is 3.22. The Morgan fingerprint density at radius 2 is 1.85 bits per heavy atom. The Bertz CT molecular complexity index is 702. The summed E-state index contributed by atoms with van der Waals surface area (Å²) in [5.74, 6) is 0.548. The smallest absolute Gasteiger partial charge is 0.200 e. The number of ketones is 1. The molecule has 138 valence electrons. The number of hydrogen-bond acceptors (Lipinski definition) is 5. The van der Waals surface area contributed by atoms with Gasteiger partial charge in [-0.15, -0.1) is 0 Å². The van der Waals surface area contributed by atoms with Gasteiger partial charge in [0.25, 0.3) is 0 Å². The molecule has 0 saturated carbocycles. The van der Waals surface area contributed by atoms with Crippen LogP contribution in [0.1, 0.15) is 22.3 Å². The molecule has 0 aliphatic carbocycles. The van der Waals surface area contributed by atoms with Crippen molar-refractivity contribution in [3.8, 4) is 5.75 Å². The second-order valence-corrected chi connectivity index (χ2v) is 6.76. The Labute approximate surface area is 153 Å². The van der Waals surface area contributed by atoms with Crippen molar-refractivity contribution in [2.75, 3.05) is 26.3 Å². The molecule has 3 rings (SSSR count). The van der Waals surface area contributed by atoms with E-state index >= 15 is 0 Å². The average Bonchev–Trinajstić information content (AvgIpc) is 2.69. The third-order valence-corrected chi connectivity index (χ3v) is 4.81. The standard InChI is InChI=1S/C21H25NO4/c23-14-18-13-22(11-10-20(18)24)12-16-6-8-19(9-7-16)26-15-21(25)17-4-2-1-3-5-17/h1-9,18,20,23-24H,10-15H2/t18-,20-/m1/s1. The summed E-state index contributed by atoms with van der Waals surface area (Å²) in [5.41, 5.74) is 1.79. The molecule has 0 unspecified atom stereocenters. The zero-order valence-corrected chi connectivity index (χ0v) is 14.8. The SMILES string of the molecule is O=C(COc1ccc(CN2CC[C@@H](O)[C@@H](CO)C2)cc1)c1ccccc1. The van der Waals surface area contributed by atoms with Crippen molar-refractivity contribution < 1.29 is 19.7 Å². The summed E-state index contributed by atoms with van der Waals surface area (Å²) in [7, 11) is 0. The molecule has 0 amide bonds. The number of benzene rings is 2. The Balaban J connectivity index is 1.50. The number of rotatable bonds is 7. The van der Waals surface area contributed by atoms with Crippen LogP contribution in [0, 0.1) is 5.92 Å². The Hall–Kier alpha value is -2.21. The van der Waals surface area contributed by atoms with Crippen molar-refractivity contribution in [3.63, 3.8) is 0 Å². The summed E-state index contributed by atoms with van der Waals surface area (Å²) in [6.45, 7) is 2.32. The van der Waals surface area contributed by atoms with Crippen molar-refractivity contribution in [1.82, 2.24) is 4.90 Å². The van der Waals surface area contributed by atoms with E-state index in [-0.39, 0.29) is 24.9 Å². The van der Waals surface area contributed by atoms with Crippen molar-refractivity contribution in [3.05, 3.63) is 65.7 Å². The normalized spacial score (nSPS) is 20.7. The average molecular weight is 355 g/mol. The molecule has 0 bridgehead atoms. The molecule has 1 aliphatic rings. The molecule has 2 aromatic rings. The molecule has 2 N–H and O–H groups in total. The van der Waals surface area contributed by atoms with Gasteiger partial charge in [0.05, 0.1) is 6.10 Å². The Morgan fingerprint density at radius 3 is 2.54 bits per heavy atom. The van der Waals surface area contributed by atoms with E-state index in [4.69, 9.17) is 4.74 Å². The van der Waals surface area contributed by atoms with Gasteiger partial charge >= 0.3 is 0 Å². The lowest BCUT2D eigenvalue weighted by atomic mass is 9.95. The van der Waals surface area contributed by atoms with Crippen LogP contribution in [0.2, 0.25) is 0 Å². The van der Waals surface area contributed by atoms with Gasteiger partial charge in [-0.05, 0) is 24.1 Å². The number of hydrogen-bond donors (Lipinski definition) is 2. The second kappa shape index (κ2) is 8.94. The molecule has 26 heavy (non-hydrogen) atoms. The predicted molar refractivity (Wildman–Crippen MR) is 99.2 cm³/mol. The van der Waals surface area contributed by atoms with E-state index in [0.29, 0.717) is 24.3 Å². The lowest BCUT2D eigenvalue weighted by Crippen LogP contribution is -2.44. The van der Waals surface area contributed by atoms with Gasteiger partial charge in [-0.25, -0.2) is 0 Å². The largest absolute Gasteiger partial charge is 0.485 e.